The highest BCUT2D eigenvalue weighted by Gasteiger charge is 2.06. The van der Waals surface area contributed by atoms with Crippen molar-refractivity contribution in [3.05, 3.63) is 36.1 Å². The lowest BCUT2D eigenvalue weighted by atomic mass is 10.1. The van der Waals surface area contributed by atoms with Crippen molar-refractivity contribution in [3.63, 3.8) is 0 Å². The van der Waals surface area contributed by atoms with Gasteiger partial charge in [-0.1, -0.05) is 25.1 Å². The van der Waals surface area contributed by atoms with Crippen molar-refractivity contribution >= 4 is 22.6 Å². The van der Waals surface area contributed by atoms with E-state index in [0.717, 1.165) is 30.6 Å². The lowest BCUT2D eigenvalue weighted by molar-refractivity contribution is 0.532. The van der Waals surface area contributed by atoms with Gasteiger partial charge in [0, 0.05) is 17.2 Å². The van der Waals surface area contributed by atoms with E-state index in [1.807, 2.05) is 18.2 Å². The first-order valence-electron chi connectivity index (χ1n) is 5.41. The number of furan rings is 1. The molecule has 1 unspecified atom stereocenters. The summed E-state index contributed by atoms with van der Waals surface area (Å²) in [6, 6.07) is 10.2. The van der Waals surface area contributed by atoms with Gasteiger partial charge in [0.1, 0.15) is 11.3 Å². The Morgan fingerprint density at radius 2 is 2.13 bits per heavy atom. The zero-order valence-corrected chi connectivity index (χ0v) is 9.63. The number of para-hydroxylation sites is 1. The van der Waals surface area contributed by atoms with Crippen molar-refractivity contribution in [3.8, 4) is 0 Å². The van der Waals surface area contributed by atoms with E-state index in [1.54, 1.807) is 0 Å². The molecule has 0 N–H and O–H groups in total. The number of rotatable bonds is 4. The minimum atomic E-state index is 0.262. The van der Waals surface area contributed by atoms with Crippen LogP contribution < -0.4 is 0 Å². The van der Waals surface area contributed by atoms with Crippen LogP contribution >= 0.6 is 11.6 Å². The fourth-order valence-corrected chi connectivity index (χ4v) is 1.77. The second kappa shape index (κ2) is 4.71. The summed E-state index contributed by atoms with van der Waals surface area (Å²) in [6.07, 6.45) is 2.93. The molecule has 0 aliphatic rings. The second-order valence-corrected chi connectivity index (χ2v) is 4.41. The van der Waals surface area contributed by atoms with Crippen LogP contribution in [0.25, 0.3) is 11.0 Å². The van der Waals surface area contributed by atoms with Crippen molar-refractivity contribution in [2.75, 3.05) is 0 Å². The van der Waals surface area contributed by atoms with Crippen molar-refractivity contribution in [1.82, 2.24) is 0 Å². The molecule has 1 atom stereocenters. The largest absolute Gasteiger partial charge is 0.461 e. The predicted molar refractivity (Wildman–Crippen MR) is 64.5 cm³/mol. The Balaban J connectivity index is 2.09. The van der Waals surface area contributed by atoms with Gasteiger partial charge in [-0.2, -0.15) is 0 Å². The molecule has 0 aliphatic heterocycles. The quantitative estimate of drug-likeness (QED) is 0.700. The molecule has 0 bridgehead atoms. The number of fused-ring (bicyclic) bond motifs is 1. The third-order valence-electron chi connectivity index (χ3n) is 2.62. The molecule has 0 spiro atoms. The Morgan fingerprint density at radius 3 is 2.87 bits per heavy atom. The number of halogens is 1. The molecule has 0 saturated carbocycles. The van der Waals surface area contributed by atoms with Gasteiger partial charge >= 0.3 is 0 Å². The lowest BCUT2D eigenvalue weighted by Gasteiger charge is -2.02. The molecule has 1 aromatic carbocycles. The van der Waals surface area contributed by atoms with Crippen molar-refractivity contribution in [2.24, 2.45) is 0 Å². The third-order valence-corrected chi connectivity index (χ3v) is 3.15. The maximum atomic E-state index is 6.07. The van der Waals surface area contributed by atoms with Gasteiger partial charge in [0.05, 0.1) is 0 Å². The second-order valence-electron chi connectivity index (χ2n) is 3.79. The summed E-state index contributed by atoms with van der Waals surface area (Å²) in [5.74, 6) is 1.04. The SMILES string of the molecule is CCC(Cl)CCc1cc2ccccc2o1. The highest BCUT2D eigenvalue weighted by Crippen LogP contribution is 2.21. The van der Waals surface area contributed by atoms with Gasteiger partial charge < -0.3 is 4.42 Å². The molecular formula is C13H15ClO. The third kappa shape index (κ3) is 2.54. The summed E-state index contributed by atoms with van der Waals surface area (Å²) in [5, 5.41) is 1.44. The van der Waals surface area contributed by atoms with Crippen LogP contribution in [0.2, 0.25) is 0 Å². The van der Waals surface area contributed by atoms with Crippen LogP contribution in [-0.4, -0.2) is 5.38 Å². The first-order valence-corrected chi connectivity index (χ1v) is 5.84. The average Bonchev–Trinajstić information content (AvgIpc) is 2.68. The maximum absolute atomic E-state index is 6.07. The summed E-state index contributed by atoms with van der Waals surface area (Å²) < 4.78 is 5.70. The summed E-state index contributed by atoms with van der Waals surface area (Å²) in [6.45, 7) is 2.11. The molecular weight excluding hydrogens is 208 g/mol. The molecule has 0 radical (unpaired) electrons. The fourth-order valence-electron chi connectivity index (χ4n) is 1.66. The van der Waals surface area contributed by atoms with Crippen molar-refractivity contribution in [1.29, 1.82) is 0 Å². The van der Waals surface area contributed by atoms with Crippen LogP contribution in [-0.2, 0) is 6.42 Å². The molecule has 0 aliphatic carbocycles. The fraction of sp³-hybridized carbons (Fsp3) is 0.385. The number of hydrogen-bond acceptors (Lipinski definition) is 1. The molecule has 1 nitrogen and oxygen atoms in total. The summed E-state index contributed by atoms with van der Waals surface area (Å²) in [7, 11) is 0. The molecule has 0 fully saturated rings. The van der Waals surface area contributed by atoms with Crippen LogP contribution in [0.1, 0.15) is 25.5 Å². The molecule has 2 heteroatoms. The lowest BCUT2D eigenvalue weighted by Crippen LogP contribution is -1.97. The average molecular weight is 223 g/mol. The Bertz CT molecular complexity index is 400. The highest BCUT2D eigenvalue weighted by molar-refractivity contribution is 6.20. The highest BCUT2D eigenvalue weighted by atomic mass is 35.5. The summed E-state index contributed by atoms with van der Waals surface area (Å²) in [4.78, 5) is 0. The van der Waals surface area contributed by atoms with Crippen LogP contribution in [0.3, 0.4) is 0 Å². The Labute approximate surface area is 95.0 Å². The maximum Gasteiger partial charge on any atom is 0.134 e. The monoisotopic (exact) mass is 222 g/mol. The minimum absolute atomic E-state index is 0.262. The number of alkyl halides is 1. The van der Waals surface area contributed by atoms with Gasteiger partial charge in [0.25, 0.3) is 0 Å². The van der Waals surface area contributed by atoms with Gasteiger partial charge in [-0.3, -0.25) is 0 Å². The number of hydrogen-bond donors (Lipinski definition) is 0. The summed E-state index contributed by atoms with van der Waals surface area (Å²) >= 11 is 6.07. The van der Waals surface area contributed by atoms with Gasteiger partial charge in [0.2, 0.25) is 0 Å². The number of benzene rings is 1. The Kier molecular flexibility index (Phi) is 3.32. The van der Waals surface area contributed by atoms with Crippen molar-refractivity contribution in [2.45, 2.75) is 31.6 Å². The van der Waals surface area contributed by atoms with Gasteiger partial charge in [-0.15, -0.1) is 11.6 Å². The normalized spacial score (nSPS) is 13.2. The van der Waals surface area contributed by atoms with E-state index >= 15 is 0 Å². The van der Waals surface area contributed by atoms with Crippen LogP contribution in [0, 0.1) is 0 Å². The van der Waals surface area contributed by atoms with Crippen molar-refractivity contribution < 1.29 is 4.42 Å². The molecule has 15 heavy (non-hydrogen) atoms. The predicted octanol–water partition coefficient (Wildman–Crippen LogP) is 4.38. The first-order chi connectivity index (χ1) is 7.29. The van der Waals surface area contributed by atoms with E-state index in [4.69, 9.17) is 16.0 Å². The van der Waals surface area contributed by atoms with Crippen LogP contribution in [0.4, 0.5) is 0 Å². The van der Waals surface area contributed by atoms with Gasteiger partial charge in [-0.25, -0.2) is 0 Å². The molecule has 2 aromatic rings. The van der Waals surface area contributed by atoms with Crippen LogP contribution in [0.15, 0.2) is 34.7 Å². The van der Waals surface area contributed by atoms with E-state index in [-0.39, 0.29) is 5.38 Å². The zero-order valence-electron chi connectivity index (χ0n) is 8.87. The Hall–Kier alpha value is -0.950. The minimum Gasteiger partial charge on any atom is -0.461 e. The smallest absolute Gasteiger partial charge is 0.134 e. The van der Waals surface area contributed by atoms with Gasteiger partial charge in [-0.05, 0) is 25.0 Å². The van der Waals surface area contributed by atoms with Crippen LogP contribution in [0.5, 0.6) is 0 Å². The zero-order chi connectivity index (χ0) is 10.7. The van der Waals surface area contributed by atoms with Gasteiger partial charge in [0.15, 0.2) is 0 Å². The molecule has 2 rings (SSSR count). The first kappa shape index (κ1) is 10.6. The topological polar surface area (TPSA) is 13.1 Å². The van der Waals surface area contributed by atoms with E-state index in [0.29, 0.717) is 0 Å². The molecule has 0 amide bonds. The van der Waals surface area contributed by atoms with E-state index in [9.17, 15) is 0 Å². The van der Waals surface area contributed by atoms with E-state index in [1.165, 1.54) is 5.39 Å². The van der Waals surface area contributed by atoms with E-state index < -0.39 is 0 Å². The number of aryl methyl sites for hydroxylation is 1. The Morgan fingerprint density at radius 1 is 1.33 bits per heavy atom. The molecule has 0 saturated heterocycles. The molecule has 1 aromatic heterocycles. The standard InChI is InChI=1S/C13H15ClO/c1-2-11(14)7-8-12-9-10-5-3-4-6-13(10)15-12/h3-6,9,11H,2,7-8H2,1H3. The van der Waals surface area contributed by atoms with E-state index in [2.05, 4.69) is 19.1 Å². The molecule has 80 valence electrons. The summed E-state index contributed by atoms with van der Waals surface area (Å²) in [5.41, 5.74) is 0.968. The molecule has 1 heterocycles.